The Hall–Kier alpha value is -3.39. The Morgan fingerprint density at radius 2 is 1.97 bits per heavy atom. The van der Waals surface area contributed by atoms with E-state index in [1.165, 1.54) is 12.1 Å². The van der Waals surface area contributed by atoms with Crippen molar-refractivity contribution in [2.45, 2.75) is 44.3 Å². The van der Waals surface area contributed by atoms with Crippen molar-refractivity contribution in [1.29, 1.82) is 0 Å². The number of halogens is 3. The number of carbonyl (C=O) groups is 1. The average Bonchev–Trinajstić information content (AvgIpc) is 3.27. The summed E-state index contributed by atoms with van der Waals surface area (Å²) < 4.78 is 53.0. The summed E-state index contributed by atoms with van der Waals surface area (Å²) in [5.74, 6) is -0.414. The molecule has 2 aliphatic carbocycles. The number of aromatic nitrogens is 1. The van der Waals surface area contributed by atoms with Crippen molar-refractivity contribution in [2.75, 3.05) is 0 Å². The van der Waals surface area contributed by atoms with Crippen molar-refractivity contribution in [3.8, 4) is 5.88 Å². The molecule has 0 radical (unpaired) electrons. The van der Waals surface area contributed by atoms with E-state index in [9.17, 15) is 23.1 Å². The Kier molecular flexibility index (Phi) is 4.77. The molecule has 6 rings (SSSR count). The smallest absolute Gasteiger partial charge is 0.416 e. The van der Waals surface area contributed by atoms with Gasteiger partial charge in [0.1, 0.15) is 12.2 Å². The van der Waals surface area contributed by atoms with Crippen LogP contribution < -0.4 is 4.74 Å². The number of nitrogens with zero attached hydrogens (tertiary/aromatic N) is 1. The summed E-state index contributed by atoms with van der Waals surface area (Å²) in [4.78, 5) is 15.6. The van der Waals surface area contributed by atoms with Crippen LogP contribution in [0, 0.1) is 11.8 Å². The topological polar surface area (TPSA) is 68.7 Å². The van der Waals surface area contributed by atoms with E-state index in [0.717, 1.165) is 28.3 Å². The van der Waals surface area contributed by atoms with Crippen LogP contribution in [-0.4, -0.2) is 16.1 Å². The number of carboxylic acids is 1. The summed E-state index contributed by atoms with van der Waals surface area (Å²) in [7, 11) is 0. The maximum Gasteiger partial charge on any atom is 0.416 e. The lowest BCUT2D eigenvalue weighted by molar-refractivity contribution is -0.141. The van der Waals surface area contributed by atoms with Gasteiger partial charge in [-0.15, -0.1) is 0 Å². The molecule has 3 aliphatic rings. The van der Waals surface area contributed by atoms with Crippen molar-refractivity contribution >= 4 is 5.97 Å². The molecule has 0 amide bonds. The number of fused-ring (bicyclic) bond motifs is 4. The molecule has 1 saturated carbocycles. The van der Waals surface area contributed by atoms with Gasteiger partial charge in [0.2, 0.25) is 5.88 Å². The summed E-state index contributed by atoms with van der Waals surface area (Å²) >= 11 is 0. The number of hydrogen-bond acceptors (Lipinski definition) is 4. The highest BCUT2D eigenvalue weighted by molar-refractivity contribution is 5.77. The third-order valence-corrected chi connectivity index (χ3v) is 7.61. The van der Waals surface area contributed by atoms with E-state index in [1.54, 1.807) is 19.2 Å². The number of aliphatic carboxylic acids is 1. The number of ether oxygens (including phenoxy) is 2. The third kappa shape index (κ3) is 3.50. The maximum absolute atomic E-state index is 13.7. The van der Waals surface area contributed by atoms with E-state index < -0.39 is 23.3 Å². The van der Waals surface area contributed by atoms with Gasteiger partial charge >= 0.3 is 12.1 Å². The first-order valence-corrected chi connectivity index (χ1v) is 11.4. The predicted molar refractivity (Wildman–Crippen MR) is 119 cm³/mol. The highest BCUT2D eigenvalue weighted by Gasteiger charge is 2.60. The second-order valence-electron chi connectivity index (χ2n) is 9.62. The largest absolute Gasteiger partial charge is 0.481 e. The van der Waals surface area contributed by atoms with Crippen LogP contribution in [0.4, 0.5) is 13.2 Å². The zero-order valence-electron chi connectivity index (χ0n) is 18.8. The van der Waals surface area contributed by atoms with Gasteiger partial charge in [-0.2, -0.15) is 13.2 Å². The third-order valence-electron chi connectivity index (χ3n) is 7.61. The Morgan fingerprint density at radius 1 is 1.17 bits per heavy atom. The normalized spacial score (nSPS) is 26.1. The van der Waals surface area contributed by atoms with E-state index in [1.807, 2.05) is 24.3 Å². The molecule has 2 heterocycles. The van der Waals surface area contributed by atoms with Gasteiger partial charge in [0, 0.05) is 23.7 Å². The molecule has 1 aliphatic heterocycles. The second-order valence-corrected chi connectivity index (χ2v) is 9.62. The lowest BCUT2D eigenvalue weighted by Crippen LogP contribution is -2.26. The number of alkyl halides is 3. The summed E-state index contributed by atoms with van der Waals surface area (Å²) in [6.45, 7) is 2.09. The van der Waals surface area contributed by atoms with Crippen LogP contribution in [0.5, 0.6) is 5.88 Å². The van der Waals surface area contributed by atoms with Crippen LogP contribution in [0.1, 0.15) is 51.8 Å². The maximum atomic E-state index is 13.7. The molecule has 4 atom stereocenters. The lowest BCUT2D eigenvalue weighted by Gasteiger charge is -2.29. The minimum Gasteiger partial charge on any atom is -0.481 e. The fourth-order valence-corrected chi connectivity index (χ4v) is 5.79. The van der Waals surface area contributed by atoms with Crippen LogP contribution >= 0.6 is 0 Å². The first-order valence-electron chi connectivity index (χ1n) is 11.4. The van der Waals surface area contributed by atoms with Crippen molar-refractivity contribution in [3.63, 3.8) is 0 Å². The van der Waals surface area contributed by atoms with Crippen LogP contribution in [0.15, 0.2) is 54.7 Å². The summed E-state index contributed by atoms with van der Waals surface area (Å²) in [5, 5.41) is 9.27. The molecule has 180 valence electrons. The average molecular weight is 481 g/mol. The Balaban J connectivity index is 1.23. The molecule has 0 bridgehead atoms. The fourth-order valence-electron chi connectivity index (χ4n) is 5.79. The van der Waals surface area contributed by atoms with Gasteiger partial charge in [-0.25, -0.2) is 4.98 Å². The molecular formula is C27H22F3NO4. The van der Waals surface area contributed by atoms with Crippen LogP contribution in [0.2, 0.25) is 0 Å². The monoisotopic (exact) mass is 481 g/mol. The molecule has 4 unspecified atom stereocenters. The lowest BCUT2D eigenvalue weighted by atomic mass is 9.83. The molecule has 8 heteroatoms. The molecule has 1 N–H and O–H groups in total. The molecule has 5 nitrogen and oxygen atoms in total. The molecule has 0 spiro atoms. The summed E-state index contributed by atoms with van der Waals surface area (Å²) in [6.07, 6.45) is -2.07. The first-order chi connectivity index (χ1) is 16.7. The molecule has 35 heavy (non-hydrogen) atoms. The van der Waals surface area contributed by atoms with E-state index in [-0.39, 0.29) is 36.5 Å². The van der Waals surface area contributed by atoms with Crippen LogP contribution in [0.25, 0.3) is 0 Å². The second kappa shape index (κ2) is 7.55. The SMILES string of the molecule is CC1(c2ccccc2C(F)(F)F)OCc2ccc(COc3cc4c(cn3)C3C(C4)C3C(=O)O)cc21. The van der Waals surface area contributed by atoms with E-state index in [4.69, 9.17) is 9.47 Å². The number of hydrogen-bond donors (Lipinski definition) is 1. The number of pyridine rings is 1. The van der Waals surface area contributed by atoms with Gasteiger partial charge in [0.25, 0.3) is 0 Å². The predicted octanol–water partition coefficient (Wildman–Crippen LogP) is 5.44. The van der Waals surface area contributed by atoms with Crippen molar-refractivity contribution < 1.29 is 32.5 Å². The number of benzene rings is 2. The molecule has 1 fully saturated rings. The Labute approximate surface area is 199 Å². The minimum absolute atomic E-state index is 0.0537. The van der Waals surface area contributed by atoms with Crippen molar-refractivity contribution in [2.24, 2.45) is 11.8 Å². The zero-order chi connectivity index (χ0) is 24.5. The van der Waals surface area contributed by atoms with Gasteiger partial charge in [0.15, 0.2) is 0 Å². The van der Waals surface area contributed by atoms with Gasteiger partial charge in [-0.1, -0.05) is 30.3 Å². The molecule has 0 saturated heterocycles. The van der Waals surface area contributed by atoms with Crippen molar-refractivity contribution in [1.82, 2.24) is 4.98 Å². The van der Waals surface area contributed by atoms with E-state index in [0.29, 0.717) is 17.9 Å². The fraction of sp³-hybridized carbons (Fsp3) is 0.333. The highest BCUT2D eigenvalue weighted by Crippen LogP contribution is 2.61. The summed E-state index contributed by atoms with van der Waals surface area (Å²) in [5.41, 5.74) is 2.54. The van der Waals surface area contributed by atoms with E-state index in [2.05, 4.69) is 4.98 Å². The molecule has 1 aromatic heterocycles. The summed E-state index contributed by atoms with van der Waals surface area (Å²) in [6, 6.07) is 13.0. The van der Waals surface area contributed by atoms with Gasteiger partial charge < -0.3 is 14.6 Å². The Bertz CT molecular complexity index is 1350. The van der Waals surface area contributed by atoms with Crippen molar-refractivity contribution in [3.05, 3.63) is 93.7 Å². The van der Waals surface area contributed by atoms with Crippen LogP contribution in [0.3, 0.4) is 0 Å². The number of carboxylic acid groups (broad SMARTS) is 1. The van der Waals surface area contributed by atoms with Crippen LogP contribution in [-0.2, 0) is 40.9 Å². The molecular weight excluding hydrogens is 459 g/mol. The highest BCUT2D eigenvalue weighted by atomic mass is 19.4. The quantitative estimate of drug-likeness (QED) is 0.525. The van der Waals surface area contributed by atoms with E-state index >= 15 is 0 Å². The minimum atomic E-state index is -4.49. The first kappa shape index (κ1) is 22.1. The molecule has 3 aromatic rings. The Morgan fingerprint density at radius 3 is 2.74 bits per heavy atom. The molecule has 2 aromatic carbocycles. The standard InChI is InChI=1S/C27H22F3NO4/c1-26(19-4-2-3-5-20(19)27(28,29)30)21-8-14(6-7-15(21)13-35-26)12-34-22-10-16-9-17-23(18(16)11-31-22)24(17)25(32)33/h2-8,10-11,17,23-24H,9,12-13H2,1H3,(H,32,33). The van der Waals surface area contributed by atoms with Gasteiger partial charge in [-0.05, 0) is 59.2 Å². The zero-order valence-corrected chi connectivity index (χ0v) is 18.8. The number of rotatable bonds is 5. The van der Waals surface area contributed by atoms with Gasteiger partial charge in [0.05, 0.1) is 18.1 Å². The van der Waals surface area contributed by atoms with Gasteiger partial charge in [-0.3, -0.25) is 4.79 Å².